The van der Waals surface area contributed by atoms with Crippen LogP contribution >= 0.6 is 0 Å². The Morgan fingerprint density at radius 3 is 2.50 bits per heavy atom. The molecule has 1 N–H and O–H groups in total. The average Bonchev–Trinajstić information content (AvgIpc) is 2.39. The van der Waals surface area contributed by atoms with Gasteiger partial charge in [-0.25, -0.2) is 0 Å². The molecule has 0 bridgehead atoms. The number of hydrogen-bond donors (Lipinski definition) is 1. The Morgan fingerprint density at radius 2 is 1.95 bits per heavy atom. The summed E-state index contributed by atoms with van der Waals surface area (Å²) >= 11 is 0. The molecule has 0 aliphatic heterocycles. The van der Waals surface area contributed by atoms with E-state index in [2.05, 4.69) is 0 Å². The van der Waals surface area contributed by atoms with Crippen LogP contribution in [-0.2, 0) is 19.0 Å². The molecule has 0 spiro atoms. The summed E-state index contributed by atoms with van der Waals surface area (Å²) in [5.41, 5.74) is -0.805. The standard InChI is InChI=1S/C15H28O5/c1-4-19-14(16)13-5-7-15(17,8-6-13)11-18-9-10-20-12(2)3/h12-13,17H,4-11H2,1-3H3. The second-order valence-electron chi connectivity index (χ2n) is 5.72. The summed E-state index contributed by atoms with van der Waals surface area (Å²) in [5, 5.41) is 10.4. The zero-order chi connectivity index (χ0) is 15.0. The third-order valence-electron chi connectivity index (χ3n) is 3.59. The fraction of sp³-hybridized carbons (Fsp3) is 0.933. The number of esters is 1. The summed E-state index contributed by atoms with van der Waals surface area (Å²) in [7, 11) is 0. The summed E-state index contributed by atoms with van der Waals surface area (Å²) in [4.78, 5) is 11.6. The molecule has 0 heterocycles. The SMILES string of the molecule is CCOC(=O)C1CCC(O)(COCCOC(C)C)CC1. The molecule has 5 heteroatoms. The van der Waals surface area contributed by atoms with Crippen LogP contribution in [0.25, 0.3) is 0 Å². The number of aliphatic hydroxyl groups is 1. The van der Waals surface area contributed by atoms with Crippen LogP contribution in [0.5, 0.6) is 0 Å². The summed E-state index contributed by atoms with van der Waals surface area (Å²) < 4.78 is 15.9. The third-order valence-corrected chi connectivity index (χ3v) is 3.59. The Morgan fingerprint density at radius 1 is 1.30 bits per heavy atom. The predicted octanol–water partition coefficient (Wildman–Crippen LogP) is 1.91. The molecule has 1 rings (SSSR count). The van der Waals surface area contributed by atoms with Crippen LogP contribution in [0.2, 0.25) is 0 Å². The zero-order valence-electron chi connectivity index (χ0n) is 12.9. The van der Waals surface area contributed by atoms with Crippen LogP contribution in [-0.4, -0.2) is 49.2 Å². The molecular formula is C15H28O5. The van der Waals surface area contributed by atoms with Crippen molar-refractivity contribution in [1.29, 1.82) is 0 Å². The molecule has 0 atom stereocenters. The Hall–Kier alpha value is -0.650. The summed E-state index contributed by atoms with van der Waals surface area (Å²) in [6, 6.07) is 0. The number of carbonyl (C=O) groups is 1. The van der Waals surface area contributed by atoms with Crippen molar-refractivity contribution in [3.63, 3.8) is 0 Å². The van der Waals surface area contributed by atoms with Gasteiger partial charge in [0.25, 0.3) is 0 Å². The lowest BCUT2D eigenvalue weighted by molar-refractivity contribution is -0.152. The molecular weight excluding hydrogens is 260 g/mol. The highest BCUT2D eigenvalue weighted by Gasteiger charge is 2.36. The van der Waals surface area contributed by atoms with Crippen molar-refractivity contribution in [1.82, 2.24) is 0 Å². The molecule has 1 fully saturated rings. The van der Waals surface area contributed by atoms with Gasteiger partial charge in [-0.3, -0.25) is 4.79 Å². The highest BCUT2D eigenvalue weighted by molar-refractivity contribution is 5.72. The lowest BCUT2D eigenvalue weighted by Crippen LogP contribution is -2.40. The van der Waals surface area contributed by atoms with Gasteiger partial charge in [0, 0.05) is 0 Å². The van der Waals surface area contributed by atoms with Gasteiger partial charge in [0.15, 0.2) is 0 Å². The van der Waals surface area contributed by atoms with Gasteiger partial charge < -0.3 is 19.3 Å². The topological polar surface area (TPSA) is 65.0 Å². The van der Waals surface area contributed by atoms with E-state index >= 15 is 0 Å². The van der Waals surface area contributed by atoms with E-state index in [-0.39, 0.29) is 18.0 Å². The minimum absolute atomic E-state index is 0.0699. The van der Waals surface area contributed by atoms with Gasteiger partial charge in [-0.05, 0) is 46.5 Å². The smallest absolute Gasteiger partial charge is 0.308 e. The molecule has 0 radical (unpaired) electrons. The van der Waals surface area contributed by atoms with Gasteiger partial charge in [-0.15, -0.1) is 0 Å². The number of ether oxygens (including phenoxy) is 3. The van der Waals surface area contributed by atoms with Crippen LogP contribution < -0.4 is 0 Å². The first-order chi connectivity index (χ1) is 9.47. The molecule has 118 valence electrons. The Bertz CT molecular complexity index is 282. The molecule has 1 aliphatic rings. The van der Waals surface area contributed by atoms with Crippen molar-refractivity contribution < 1.29 is 24.1 Å². The average molecular weight is 288 g/mol. The Balaban J connectivity index is 2.19. The highest BCUT2D eigenvalue weighted by atomic mass is 16.5. The summed E-state index contributed by atoms with van der Waals surface area (Å²) in [6.07, 6.45) is 2.70. The van der Waals surface area contributed by atoms with Crippen LogP contribution in [0.15, 0.2) is 0 Å². The van der Waals surface area contributed by atoms with E-state index in [0.717, 1.165) is 0 Å². The first-order valence-corrected chi connectivity index (χ1v) is 7.55. The molecule has 1 saturated carbocycles. The number of carbonyl (C=O) groups excluding carboxylic acids is 1. The molecule has 5 nitrogen and oxygen atoms in total. The molecule has 0 aromatic heterocycles. The van der Waals surface area contributed by atoms with Crippen molar-refractivity contribution in [3.05, 3.63) is 0 Å². The minimum atomic E-state index is -0.805. The Kier molecular flexibility index (Phi) is 7.48. The predicted molar refractivity (Wildman–Crippen MR) is 75.4 cm³/mol. The second-order valence-corrected chi connectivity index (χ2v) is 5.72. The monoisotopic (exact) mass is 288 g/mol. The van der Waals surface area contributed by atoms with E-state index in [1.165, 1.54) is 0 Å². The van der Waals surface area contributed by atoms with Crippen LogP contribution in [0.3, 0.4) is 0 Å². The van der Waals surface area contributed by atoms with Crippen molar-refractivity contribution in [2.24, 2.45) is 5.92 Å². The second kappa shape index (κ2) is 8.60. The Labute approximate surface area is 121 Å². The fourth-order valence-electron chi connectivity index (χ4n) is 2.40. The largest absolute Gasteiger partial charge is 0.466 e. The van der Waals surface area contributed by atoms with E-state index in [4.69, 9.17) is 14.2 Å². The van der Waals surface area contributed by atoms with E-state index < -0.39 is 5.60 Å². The molecule has 20 heavy (non-hydrogen) atoms. The molecule has 0 unspecified atom stereocenters. The fourth-order valence-corrected chi connectivity index (χ4v) is 2.40. The van der Waals surface area contributed by atoms with Crippen molar-refractivity contribution in [2.75, 3.05) is 26.4 Å². The number of rotatable bonds is 8. The maximum atomic E-state index is 11.6. The first kappa shape index (κ1) is 17.4. The van der Waals surface area contributed by atoms with Crippen molar-refractivity contribution >= 4 is 5.97 Å². The van der Waals surface area contributed by atoms with Gasteiger partial charge in [0.2, 0.25) is 0 Å². The third kappa shape index (κ3) is 6.20. The molecule has 0 amide bonds. The molecule has 0 aromatic carbocycles. The quantitative estimate of drug-likeness (QED) is 0.546. The van der Waals surface area contributed by atoms with Crippen LogP contribution in [0.4, 0.5) is 0 Å². The molecule has 1 aliphatic carbocycles. The minimum Gasteiger partial charge on any atom is -0.466 e. The van der Waals surface area contributed by atoms with E-state index in [9.17, 15) is 9.90 Å². The van der Waals surface area contributed by atoms with E-state index in [1.54, 1.807) is 0 Å². The van der Waals surface area contributed by atoms with Crippen molar-refractivity contribution in [2.45, 2.75) is 58.2 Å². The summed E-state index contributed by atoms with van der Waals surface area (Å²) in [6.45, 7) is 7.52. The first-order valence-electron chi connectivity index (χ1n) is 7.55. The van der Waals surface area contributed by atoms with Crippen LogP contribution in [0.1, 0.15) is 46.5 Å². The highest BCUT2D eigenvalue weighted by Crippen LogP contribution is 2.33. The van der Waals surface area contributed by atoms with Gasteiger partial charge in [0.1, 0.15) is 0 Å². The lowest BCUT2D eigenvalue weighted by atomic mass is 9.79. The maximum Gasteiger partial charge on any atom is 0.308 e. The molecule has 0 aromatic rings. The van der Waals surface area contributed by atoms with Gasteiger partial charge in [-0.1, -0.05) is 0 Å². The normalized spacial score (nSPS) is 26.8. The molecule has 0 saturated heterocycles. The number of hydrogen-bond acceptors (Lipinski definition) is 5. The summed E-state index contributed by atoms with van der Waals surface area (Å²) in [5.74, 6) is -0.208. The van der Waals surface area contributed by atoms with Crippen molar-refractivity contribution in [3.8, 4) is 0 Å². The zero-order valence-corrected chi connectivity index (χ0v) is 12.9. The van der Waals surface area contributed by atoms with E-state index in [1.807, 2.05) is 20.8 Å². The van der Waals surface area contributed by atoms with E-state index in [0.29, 0.717) is 52.1 Å². The van der Waals surface area contributed by atoms with Gasteiger partial charge >= 0.3 is 5.97 Å². The lowest BCUT2D eigenvalue weighted by Gasteiger charge is -2.34. The van der Waals surface area contributed by atoms with Gasteiger partial charge in [-0.2, -0.15) is 0 Å². The van der Waals surface area contributed by atoms with Gasteiger partial charge in [0.05, 0.1) is 44.1 Å². The van der Waals surface area contributed by atoms with Crippen LogP contribution in [0, 0.1) is 5.92 Å². The maximum absolute atomic E-state index is 11.6.